The third kappa shape index (κ3) is 3.70. The van der Waals surface area contributed by atoms with Crippen LogP contribution in [0, 0.1) is 23.7 Å². The van der Waals surface area contributed by atoms with Crippen LogP contribution in [0.25, 0.3) is 0 Å². The zero-order valence-electron chi connectivity index (χ0n) is 11.0. The lowest BCUT2D eigenvalue weighted by atomic mass is 9.95. The average Bonchev–Trinajstić information content (AvgIpc) is 3.09. The van der Waals surface area contributed by atoms with E-state index in [1.807, 2.05) is 0 Å². The van der Waals surface area contributed by atoms with Crippen LogP contribution in [0.5, 0.6) is 0 Å². The number of aliphatic hydroxyl groups is 1. The van der Waals surface area contributed by atoms with Crippen LogP contribution in [-0.4, -0.2) is 23.7 Å². The Kier molecular flexibility index (Phi) is 4.08. The Bertz CT molecular complexity index is 257. The predicted octanol–water partition coefficient (Wildman–Crippen LogP) is 1.95. The molecular formula is C14H25NO2. The van der Waals surface area contributed by atoms with Gasteiger partial charge in [-0.2, -0.15) is 0 Å². The van der Waals surface area contributed by atoms with E-state index < -0.39 is 0 Å². The molecule has 2 N–H and O–H groups in total. The van der Waals surface area contributed by atoms with Crippen molar-refractivity contribution in [1.29, 1.82) is 0 Å². The molecule has 0 saturated heterocycles. The fraction of sp³-hybridized carbons (Fsp3) is 0.929. The van der Waals surface area contributed by atoms with Gasteiger partial charge < -0.3 is 10.4 Å². The van der Waals surface area contributed by atoms with Gasteiger partial charge in [0.05, 0.1) is 12.6 Å². The molecule has 0 aliphatic heterocycles. The summed E-state index contributed by atoms with van der Waals surface area (Å²) in [6.45, 7) is 4.30. The smallest absolute Gasteiger partial charge is 0.223 e. The number of nitrogens with one attached hydrogen (secondary N) is 1. The normalized spacial score (nSPS) is 21.9. The molecule has 1 unspecified atom stereocenters. The van der Waals surface area contributed by atoms with Gasteiger partial charge in [-0.05, 0) is 49.9 Å². The van der Waals surface area contributed by atoms with Gasteiger partial charge in [-0.25, -0.2) is 0 Å². The SMILES string of the molecule is CC(C)CC(CO)NC(=O)C(C1CC1)C1CC1. The summed E-state index contributed by atoms with van der Waals surface area (Å²) in [7, 11) is 0. The molecule has 0 heterocycles. The van der Waals surface area contributed by atoms with Crippen LogP contribution in [0.15, 0.2) is 0 Å². The number of aliphatic hydroxyl groups excluding tert-OH is 1. The lowest BCUT2D eigenvalue weighted by Crippen LogP contribution is -2.42. The van der Waals surface area contributed by atoms with Gasteiger partial charge in [-0.15, -0.1) is 0 Å². The van der Waals surface area contributed by atoms with Gasteiger partial charge in [-0.3, -0.25) is 4.79 Å². The molecule has 2 rings (SSSR count). The molecule has 98 valence electrons. The van der Waals surface area contributed by atoms with Gasteiger partial charge in [0.2, 0.25) is 5.91 Å². The lowest BCUT2D eigenvalue weighted by Gasteiger charge is -2.22. The minimum absolute atomic E-state index is 0.0532. The summed E-state index contributed by atoms with van der Waals surface area (Å²) in [5.41, 5.74) is 0. The largest absolute Gasteiger partial charge is 0.394 e. The van der Waals surface area contributed by atoms with Crippen molar-refractivity contribution in [2.24, 2.45) is 23.7 Å². The maximum absolute atomic E-state index is 12.2. The van der Waals surface area contributed by atoms with Gasteiger partial charge in [0, 0.05) is 5.92 Å². The Morgan fingerprint density at radius 3 is 2.12 bits per heavy atom. The topological polar surface area (TPSA) is 49.3 Å². The van der Waals surface area contributed by atoms with Crippen LogP contribution < -0.4 is 5.32 Å². The summed E-state index contributed by atoms with van der Waals surface area (Å²) in [6.07, 6.45) is 5.76. The quantitative estimate of drug-likeness (QED) is 0.713. The molecule has 0 aromatic rings. The van der Waals surface area contributed by atoms with Crippen molar-refractivity contribution >= 4 is 5.91 Å². The standard InChI is InChI=1S/C14H25NO2/c1-9(2)7-12(8-16)15-14(17)13(10-3-4-10)11-5-6-11/h9-13,16H,3-8H2,1-2H3,(H,15,17). The molecule has 2 saturated carbocycles. The summed E-state index contributed by atoms with van der Waals surface area (Å²) in [5, 5.41) is 12.4. The first-order chi connectivity index (χ1) is 8.11. The molecule has 1 atom stereocenters. The summed E-state index contributed by atoms with van der Waals surface area (Å²) in [5.74, 6) is 2.24. The average molecular weight is 239 g/mol. The molecule has 0 spiro atoms. The molecule has 2 aliphatic carbocycles. The minimum atomic E-state index is -0.0532. The molecule has 2 aliphatic rings. The molecule has 17 heavy (non-hydrogen) atoms. The Morgan fingerprint density at radius 1 is 1.24 bits per heavy atom. The van der Waals surface area contributed by atoms with Crippen LogP contribution in [0.4, 0.5) is 0 Å². The van der Waals surface area contributed by atoms with Crippen molar-refractivity contribution in [3.63, 3.8) is 0 Å². The highest BCUT2D eigenvalue weighted by atomic mass is 16.3. The maximum atomic E-state index is 12.2. The van der Waals surface area contributed by atoms with Crippen LogP contribution in [0.2, 0.25) is 0 Å². The van der Waals surface area contributed by atoms with Crippen molar-refractivity contribution in [3.05, 3.63) is 0 Å². The Balaban J connectivity index is 1.84. The first-order valence-corrected chi connectivity index (χ1v) is 7.03. The van der Waals surface area contributed by atoms with Crippen LogP contribution in [-0.2, 0) is 4.79 Å². The maximum Gasteiger partial charge on any atom is 0.223 e. The van der Waals surface area contributed by atoms with Crippen LogP contribution in [0.3, 0.4) is 0 Å². The van der Waals surface area contributed by atoms with E-state index >= 15 is 0 Å². The molecule has 0 radical (unpaired) electrons. The number of rotatable bonds is 7. The molecule has 0 aromatic carbocycles. The van der Waals surface area contributed by atoms with E-state index in [1.54, 1.807) is 0 Å². The molecule has 0 aromatic heterocycles. The number of amides is 1. The molecule has 0 bridgehead atoms. The van der Waals surface area contributed by atoms with Crippen LogP contribution >= 0.6 is 0 Å². The first kappa shape index (κ1) is 12.9. The molecule has 3 heteroatoms. The molecule has 2 fully saturated rings. The summed E-state index contributed by atoms with van der Waals surface area (Å²) >= 11 is 0. The summed E-state index contributed by atoms with van der Waals surface area (Å²) in [6, 6.07) is -0.0532. The van der Waals surface area contributed by atoms with Crippen molar-refractivity contribution in [3.8, 4) is 0 Å². The highest BCUT2D eigenvalue weighted by Gasteiger charge is 2.45. The second-order valence-electron chi connectivity index (χ2n) is 6.22. The van der Waals surface area contributed by atoms with E-state index in [2.05, 4.69) is 19.2 Å². The van der Waals surface area contributed by atoms with Gasteiger partial charge in [0.25, 0.3) is 0 Å². The van der Waals surface area contributed by atoms with Crippen molar-refractivity contribution in [2.45, 2.75) is 52.0 Å². The van der Waals surface area contributed by atoms with E-state index in [-0.39, 0.29) is 24.5 Å². The number of carbonyl (C=O) groups excluding carboxylic acids is 1. The fourth-order valence-corrected chi connectivity index (χ4v) is 2.77. The Hall–Kier alpha value is -0.570. The van der Waals surface area contributed by atoms with Gasteiger partial charge in [0.15, 0.2) is 0 Å². The second-order valence-corrected chi connectivity index (χ2v) is 6.22. The lowest BCUT2D eigenvalue weighted by molar-refractivity contribution is -0.127. The summed E-state index contributed by atoms with van der Waals surface area (Å²) < 4.78 is 0. The molecule has 1 amide bonds. The van der Waals surface area contributed by atoms with E-state index in [4.69, 9.17) is 0 Å². The number of hydrogen-bond donors (Lipinski definition) is 2. The highest BCUT2D eigenvalue weighted by Crippen LogP contribution is 2.49. The molecule has 3 nitrogen and oxygen atoms in total. The predicted molar refractivity (Wildman–Crippen MR) is 67.4 cm³/mol. The van der Waals surface area contributed by atoms with Crippen molar-refractivity contribution < 1.29 is 9.90 Å². The van der Waals surface area contributed by atoms with E-state index in [9.17, 15) is 9.90 Å². The fourth-order valence-electron chi connectivity index (χ4n) is 2.77. The van der Waals surface area contributed by atoms with Crippen molar-refractivity contribution in [2.75, 3.05) is 6.61 Å². The number of carbonyl (C=O) groups is 1. The van der Waals surface area contributed by atoms with E-state index in [0.717, 1.165) is 6.42 Å². The van der Waals surface area contributed by atoms with Gasteiger partial charge >= 0.3 is 0 Å². The highest BCUT2D eigenvalue weighted by molar-refractivity contribution is 5.80. The van der Waals surface area contributed by atoms with Gasteiger partial charge in [-0.1, -0.05) is 13.8 Å². The monoisotopic (exact) mass is 239 g/mol. The number of hydrogen-bond acceptors (Lipinski definition) is 2. The third-order valence-electron chi connectivity index (χ3n) is 3.89. The Labute approximate surface area is 104 Å². The zero-order chi connectivity index (χ0) is 12.4. The minimum Gasteiger partial charge on any atom is -0.394 e. The Morgan fingerprint density at radius 2 is 1.76 bits per heavy atom. The van der Waals surface area contributed by atoms with Crippen LogP contribution in [0.1, 0.15) is 46.0 Å². The van der Waals surface area contributed by atoms with Gasteiger partial charge in [0.1, 0.15) is 0 Å². The van der Waals surface area contributed by atoms with E-state index in [1.165, 1.54) is 25.7 Å². The molecular weight excluding hydrogens is 214 g/mol. The third-order valence-corrected chi connectivity index (χ3v) is 3.89. The van der Waals surface area contributed by atoms with E-state index in [0.29, 0.717) is 17.8 Å². The summed E-state index contributed by atoms with van der Waals surface area (Å²) in [4.78, 5) is 12.2. The zero-order valence-corrected chi connectivity index (χ0v) is 11.0. The second kappa shape index (κ2) is 5.38. The first-order valence-electron chi connectivity index (χ1n) is 7.03. The van der Waals surface area contributed by atoms with Crippen molar-refractivity contribution in [1.82, 2.24) is 5.32 Å².